The van der Waals surface area contributed by atoms with E-state index in [1.807, 2.05) is 22.6 Å². The fourth-order valence-corrected chi connectivity index (χ4v) is 3.79. The van der Waals surface area contributed by atoms with Gasteiger partial charge in [0.15, 0.2) is 0 Å². The summed E-state index contributed by atoms with van der Waals surface area (Å²) in [6.07, 6.45) is -5.12. The molecule has 2 aromatic rings. The maximum Gasteiger partial charge on any atom is 0.456 e. The molecule has 1 aromatic carbocycles. The van der Waals surface area contributed by atoms with Gasteiger partial charge in [0, 0.05) is 22.5 Å². The molecule has 1 unspecified atom stereocenters. The number of ketones is 1. The second kappa shape index (κ2) is 7.88. The minimum absolute atomic E-state index is 0.00958. The Kier molecular flexibility index (Phi) is 5.84. The van der Waals surface area contributed by atoms with Gasteiger partial charge in [0.1, 0.15) is 36.2 Å². The van der Waals surface area contributed by atoms with E-state index >= 15 is 0 Å². The molecule has 0 saturated carbocycles. The van der Waals surface area contributed by atoms with E-state index in [1.54, 1.807) is 0 Å². The van der Waals surface area contributed by atoms with Crippen LogP contribution >= 0.6 is 22.6 Å². The van der Waals surface area contributed by atoms with Gasteiger partial charge in [-0.25, -0.2) is 9.37 Å². The zero-order valence-electron chi connectivity index (χ0n) is 15.0. The van der Waals surface area contributed by atoms with Gasteiger partial charge in [-0.05, 0) is 30.3 Å². The Morgan fingerprint density at radius 2 is 1.93 bits per heavy atom. The molecular weight excluding hydrogens is 509 g/mol. The number of aromatic nitrogens is 1. The molecular formula is C19H14F4INO4. The molecule has 10 heteroatoms. The number of benzene rings is 1. The molecule has 0 saturated heterocycles. The summed E-state index contributed by atoms with van der Waals surface area (Å²) < 4.78 is 63.7. The number of fused-ring (bicyclic) bond motifs is 1. The van der Waals surface area contributed by atoms with Crippen LogP contribution in [-0.4, -0.2) is 40.6 Å². The number of alkyl halides is 4. The van der Waals surface area contributed by atoms with Gasteiger partial charge in [-0.15, -0.1) is 0 Å². The lowest BCUT2D eigenvalue weighted by molar-refractivity contribution is -0.142. The van der Waals surface area contributed by atoms with Gasteiger partial charge in [-0.3, -0.25) is 9.59 Å². The van der Waals surface area contributed by atoms with Crippen LogP contribution in [0.5, 0.6) is 5.75 Å². The molecule has 0 amide bonds. The van der Waals surface area contributed by atoms with Gasteiger partial charge in [0.2, 0.25) is 0 Å². The third-order valence-electron chi connectivity index (χ3n) is 4.45. The maximum atomic E-state index is 13.3. The zero-order chi connectivity index (χ0) is 21.4. The number of hydrogen-bond donors (Lipinski definition) is 0. The molecule has 5 nitrogen and oxygen atoms in total. The van der Waals surface area contributed by atoms with Crippen molar-refractivity contribution in [2.24, 2.45) is 0 Å². The Balaban J connectivity index is 2.21. The summed E-state index contributed by atoms with van der Waals surface area (Å²) in [5.74, 6) is -3.02. The predicted octanol–water partition coefficient (Wildman–Crippen LogP) is 4.26. The average Bonchev–Trinajstić information content (AvgIpc) is 3.04. The summed E-state index contributed by atoms with van der Waals surface area (Å²) in [6, 6.07) is 5.95. The first kappa shape index (κ1) is 21.5. The van der Waals surface area contributed by atoms with E-state index in [0.717, 1.165) is 18.2 Å². The molecule has 2 heterocycles. The lowest BCUT2D eigenvalue weighted by Crippen LogP contribution is -2.36. The first-order valence-electron chi connectivity index (χ1n) is 8.32. The highest BCUT2D eigenvalue weighted by atomic mass is 127. The number of rotatable bonds is 5. The maximum absolute atomic E-state index is 13.3. The number of hydrogen-bond acceptors (Lipinski definition) is 5. The van der Waals surface area contributed by atoms with Gasteiger partial charge in [-0.2, -0.15) is 13.2 Å². The number of Topliss-reactive ketones (excluding diaryl/α,β-unsaturated/α-hetero) is 1. The van der Waals surface area contributed by atoms with Crippen molar-refractivity contribution >= 4 is 34.3 Å². The number of carbonyl (C=O) groups excluding carboxylic acids is 2. The van der Waals surface area contributed by atoms with E-state index in [2.05, 4.69) is 4.98 Å². The summed E-state index contributed by atoms with van der Waals surface area (Å²) in [5.41, 5.74) is -1.19. The van der Waals surface area contributed by atoms with Crippen molar-refractivity contribution in [2.75, 3.05) is 17.6 Å². The highest BCUT2D eigenvalue weighted by Crippen LogP contribution is 2.46. The second-order valence-corrected chi connectivity index (χ2v) is 7.31. The largest absolute Gasteiger partial charge is 0.490 e. The Bertz CT molecular complexity index is 962. The van der Waals surface area contributed by atoms with E-state index in [1.165, 1.54) is 19.1 Å². The summed E-state index contributed by atoms with van der Waals surface area (Å²) in [6.45, 7) is 1.11. The molecule has 0 N–H and O–H groups in total. The molecule has 0 aliphatic carbocycles. The Morgan fingerprint density at radius 3 is 2.48 bits per heavy atom. The van der Waals surface area contributed by atoms with E-state index in [9.17, 15) is 27.2 Å². The Morgan fingerprint density at radius 1 is 1.28 bits per heavy atom. The molecule has 0 spiro atoms. The van der Waals surface area contributed by atoms with E-state index < -0.39 is 34.9 Å². The molecule has 1 aliphatic heterocycles. The summed E-state index contributed by atoms with van der Waals surface area (Å²) in [4.78, 5) is 27.1. The van der Waals surface area contributed by atoms with Crippen LogP contribution in [-0.2, 0) is 14.9 Å². The van der Waals surface area contributed by atoms with Crippen molar-refractivity contribution in [2.45, 2.75) is 18.5 Å². The van der Waals surface area contributed by atoms with Gasteiger partial charge < -0.3 is 9.47 Å². The van der Waals surface area contributed by atoms with Crippen molar-refractivity contribution < 1.29 is 36.6 Å². The van der Waals surface area contributed by atoms with Crippen LogP contribution in [0.1, 0.15) is 23.0 Å². The SMILES string of the molecule is CC(=O)OCC1(CI)COc2c1cc(C(=O)C(F)(F)F)nc2-c1ccc(F)cc1. The molecule has 0 bridgehead atoms. The number of pyridine rings is 1. The smallest absolute Gasteiger partial charge is 0.456 e. The molecule has 1 aromatic heterocycles. The minimum Gasteiger partial charge on any atom is -0.490 e. The van der Waals surface area contributed by atoms with E-state index in [4.69, 9.17) is 9.47 Å². The first-order chi connectivity index (χ1) is 13.6. The third-order valence-corrected chi connectivity index (χ3v) is 5.91. The van der Waals surface area contributed by atoms with Crippen LogP contribution in [0.2, 0.25) is 0 Å². The molecule has 0 fully saturated rings. The first-order valence-corrected chi connectivity index (χ1v) is 9.85. The van der Waals surface area contributed by atoms with Crippen LogP contribution in [0, 0.1) is 5.82 Å². The van der Waals surface area contributed by atoms with Gasteiger partial charge in [-0.1, -0.05) is 22.6 Å². The summed E-state index contributed by atoms with van der Waals surface area (Å²) in [5, 5.41) is 0. The van der Waals surface area contributed by atoms with Crippen LogP contribution in [0.15, 0.2) is 30.3 Å². The molecule has 154 valence electrons. The van der Waals surface area contributed by atoms with Crippen molar-refractivity contribution in [1.82, 2.24) is 4.98 Å². The fourth-order valence-electron chi connectivity index (χ4n) is 2.93. The highest BCUT2D eigenvalue weighted by Gasteiger charge is 2.46. The molecule has 0 radical (unpaired) electrons. The quantitative estimate of drug-likeness (QED) is 0.193. The highest BCUT2D eigenvalue weighted by molar-refractivity contribution is 14.1. The predicted molar refractivity (Wildman–Crippen MR) is 103 cm³/mol. The standard InChI is InChI=1S/C19H14F4INO4/c1-10(26)28-8-18(7-24)9-29-16-13(18)6-14(17(27)19(21,22)23)25-15(16)11-2-4-12(20)5-3-11/h2-6H,7-9H2,1H3. The average molecular weight is 523 g/mol. The van der Waals surface area contributed by atoms with E-state index in [-0.39, 0.29) is 35.8 Å². The summed E-state index contributed by atoms with van der Waals surface area (Å²) >= 11 is 2.01. The third kappa shape index (κ3) is 4.21. The van der Waals surface area contributed by atoms with Crippen LogP contribution in [0.3, 0.4) is 0 Å². The monoisotopic (exact) mass is 523 g/mol. The van der Waals surface area contributed by atoms with E-state index in [0.29, 0.717) is 4.43 Å². The van der Waals surface area contributed by atoms with Gasteiger partial charge in [0.25, 0.3) is 5.78 Å². The lowest BCUT2D eigenvalue weighted by Gasteiger charge is -2.25. The van der Waals surface area contributed by atoms with Crippen molar-refractivity contribution in [3.63, 3.8) is 0 Å². The molecule has 1 atom stereocenters. The number of nitrogens with zero attached hydrogens (tertiary/aromatic N) is 1. The normalized spacial score (nSPS) is 18.1. The number of carbonyl (C=O) groups is 2. The Labute approximate surface area is 176 Å². The zero-order valence-corrected chi connectivity index (χ0v) is 17.1. The molecule has 29 heavy (non-hydrogen) atoms. The van der Waals surface area contributed by atoms with Gasteiger partial charge >= 0.3 is 12.1 Å². The van der Waals surface area contributed by atoms with Crippen LogP contribution in [0.25, 0.3) is 11.3 Å². The van der Waals surface area contributed by atoms with Crippen LogP contribution in [0.4, 0.5) is 17.6 Å². The van der Waals surface area contributed by atoms with Crippen LogP contribution < -0.4 is 4.74 Å². The fraction of sp³-hybridized carbons (Fsp3) is 0.316. The van der Waals surface area contributed by atoms with Crippen molar-refractivity contribution in [3.05, 3.63) is 47.4 Å². The Hall–Kier alpha value is -2.24. The summed E-state index contributed by atoms with van der Waals surface area (Å²) in [7, 11) is 0. The van der Waals surface area contributed by atoms with Crippen molar-refractivity contribution in [3.8, 4) is 17.0 Å². The van der Waals surface area contributed by atoms with Crippen molar-refractivity contribution in [1.29, 1.82) is 0 Å². The second-order valence-electron chi connectivity index (χ2n) is 6.55. The lowest BCUT2D eigenvalue weighted by atomic mass is 9.84. The minimum atomic E-state index is -5.12. The topological polar surface area (TPSA) is 65.5 Å². The molecule has 1 aliphatic rings. The van der Waals surface area contributed by atoms with Gasteiger partial charge in [0.05, 0.1) is 5.41 Å². The number of esters is 1. The molecule has 3 rings (SSSR count). The number of ether oxygens (including phenoxy) is 2. The number of halogens is 5.